The van der Waals surface area contributed by atoms with E-state index in [1.54, 1.807) is 7.11 Å². The maximum absolute atomic E-state index is 12.3. The van der Waals surface area contributed by atoms with E-state index < -0.39 is 0 Å². The summed E-state index contributed by atoms with van der Waals surface area (Å²) in [6, 6.07) is 15.6. The quantitative estimate of drug-likeness (QED) is 0.670. The first-order valence-electron chi connectivity index (χ1n) is 8.78. The van der Waals surface area contributed by atoms with Crippen LogP contribution in [-0.2, 0) is 13.0 Å². The smallest absolute Gasteiger partial charge is 0.254 e. The fourth-order valence-corrected chi connectivity index (χ4v) is 2.71. The highest BCUT2D eigenvalue weighted by atomic mass is 16.5. The van der Waals surface area contributed by atoms with Crippen LogP contribution in [0.3, 0.4) is 0 Å². The largest absolute Gasteiger partial charge is 0.496 e. The number of benzene rings is 2. The minimum Gasteiger partial charge on any atom is -0.496 e. The third kappa shape index (κ3) is 4.61. The number of aromatic nitrogens is 2. The minimum atomic E-state index is -0.235. The lowest BCUT2D eigenvalue weighted by atomic mass is 10.1. The van der Waals surface area contributed by atoms with Gasteiger partial charge in [-0.25, -0.2) is 9.97 Å². The lowest BCUT2D eigenvalue weighted by Gasteiger charge is -2.10. The van der Waals surface area contributed by atoms with Gasteiger partial charge >= 0.3 is 0 Å². The average molecular weight is 362 g/mol. The van der Waals surface area contributed by atoms with Crippen molar-refractivity contribution in [1.82, 2.24) is 15.3 Å². The highest BCUT2D eigenvalue weighted by Crippen LogP contribution is 2.19. The van der Waals surface area contributed by atoms with Crippen molar-refractivity contribution in [3.8, 4) is 5.75 Å². The first-order valence-corrected chi connectivity index (χ1v) is 8.78. The molecule has 138 valence electrons. The predicted molar refractivity (Wildman–Crippen MR) is 105 cm³/mol. The molecule has 0 fully saturated rings. The molecule has 2 aromatic carbocycles. The maximum atomic E-state index is 12.3. The van der Waals surface area contributed by atoms with Crippen LogP contribution in [0.1, 0.15) is 28.4 Å². The Kier molecular flexibility index (Phi) is 5.99. The van der Waals surface area contributed by atoms with Gasteiger partial charge in [0.2, 0.25) is 5.95 Å². The van der Waals surface area contributed by atoms with Crippen molar-refractivity contribution in [3.05, 3.63) is 77.6 Å². The zero-order valence-electron chi connectivity index (χ0n) is 15.4. The van der Waals surface area contributed by atoms with E-state index in [9.17, 15) is 4.79 Å². The van der Waals surface area contributed by atoms with Gasteiger partial charge in [0.1, 0.15) is 5.75 Å². The fourth-order valence-electron chi connectivity index (χ4n) is 2.71. The van der Waals surface area contributed by atoms with E-state index in [2.05, 4.69) is 33.6 Å². The molecule has 1 amide bonds. The van der Waals surface area contributed by atoms with Crippen molar-refractivity contribution in [2.24, 2.45) is 0 Å². The molecule has 3 aromatic rings. The first-order chi connectivity index (χ1) is 13.2. The van der Waals surface area contributed by atoms with E-state index in [1.165, 1.54) is 18.0 Å². The van der Waals surface area contributed by atoms with E-state index in [0.29, 0.717) is 18.1 Å². The third-order valence-electron chi connectivity index (χ3n) is 4.19. The van der Waals surface area contributed by atoms with Crippen LogP contribution in [0.4, 0.5) is 11.6 Å². The van der Waals surface area contributed by atoms with Crippen LogP contribution in [0.5, 0.6) is 5.75 Å². The number of carbonyl (C=O) groups excluding carboxylic acids is 1. The van der Waals surface area contributed by atoms with Gasteiger partial charge in [-0.15, -0.1) is 0 Å². The highest BCUT2D eigenvalue weighted by Gasteiger charge is 2.09. The Bertz CT molecular complexity index is 910. The molecule has 1 heterocycles. The molecule has 6 heteroatoms. The second-order valence-corrected chi connectivity index (χ2v) is 5.93. The lowest BCUT2D eigenvalue weighted by molar-refractivity contribution is 0.0950. The van der Waals surface area contributed by atoms with Crippen LogP contribution in [0.15, 0.2) is 60.9 Å². The van der Waals surface area contributed by atoms with Gasteiger partial charge < -0.3 is 15.4 Å². The van der Waals surface area contributed by atoms with Crippen molar-refractivity contribution in [3.63, 3.8) is 0 Å². The van der Waals surface area contributed by atoms with Gasteiger partial charge in [-0.3, -0.25) is 4.79 Å². The number of nitrogens with zero attached hydrogens (tertiary/aromatic N) is 2. The van der Waals surface area contributed by atoms with Crippen LogP contribution in [0, 0.1) is 0 Å². The summed E-state index contributed by atoms with van der Waals surface area (Å²) in [6.07, 6.45) is 3.94. The van der Waals surface area contributed by atoms with Gasteiger partial charge in [0.25, 0.3) is 5.91 Å². The normalized spacial score (nSPS) is 10.3. The Morgan fingerprint density at radius 2 is 1.67 bits per heavy atom. The van der Waals surface area contributed by atoms with Crippen LogP contribution in [0.25, 0.3) is 0 Å². The SMILES string of the molecule is CCc1ccccc1Nc1ncc(C(=O)NCc2ccccc2OC)cn1. The van der Waals surface area contributed by atoms with Crippen molar-refractivity contribution < 1.29 is 9.53 Å². The number of anilines is 2. The second kappa shape index (κ2) is 8.80. The van der Waals surface area contributed by atoms with Crippen LogP contribution < -0.4 is 15.4 Å². The minimum absolute atomic E-state index is 0.235. The summed E-state index contributed by atoms with van der Waals surface area (Å²) in [5.41, 5.74) is 3.45. The van der Waals surface area contributed by atoms with E-state index in [-0.39, 0.29) is 5.91 Å². The number of carbonyl (C=O) groups is 1. The molecule has 0 aliphatic heterocycles. The van der Waals surface area contributed by atoms with Crippen molar-refractivity contribution in [1.29, 1.82) is 0 Å². The molecule has 0 unspecified atom stereocenters. The molecule has 27 heavy (non-hydrogen) atoms. The van der Waals surface area contributed by atoms with Gasteiger partial charge in [0.15, 0.2) is 0 Å². The molecule has 3 rings (SSSR count). The van der Waals surface area contributed by atoms with E-state index in [4.69, 9.17) is 4.74 Å². The zero-order chi connectivity index (χ0) is 19.1. The topological polar surface area (TPSA) is 76.1 Å². The summed E-state index contributed by atoms with van der Waals surface area (Å²) < 4.78 is 5.29. The second-order valence-electron chi connectivity index (χ2n) is 5.93. The summed E-state index contributed by atoms with van der Waals surface area (Å²) >= 11 is 0. The molecule has 2 N–H and O–H groups in total. The Hall–Kier alpha value is -3.41. The van der Waals surface area contributed by atoms with Gasteiger partial charge in [0, 0.05) is 30.2 Å². The molecule has 0 saturated carbocycles. The number of rotatable bonds is 7. The van der Waals surface area contributed by atoms with Crippen molar-refractivity contribution in [2.45, 2.75) is 19.9 Å². The van der Waals surface area contributed by atoms with Gasteiger partial charge in [-0.1, -0.05) is 43.3 Å². The van der Waals surface area contributed by atoms with Crippen LogP contribution >= 0.6 is 0 Å². The Morgan fingerprint density at radius 1 is 1.00 bits per heavy atom. The Balaban J connectivity index is 1.63. The lowest BCUT2D eigenvalue weighted by Crippen LogP contribution is -2.23. The molecule has 1 aromatic heterocycles. The van der Waals surface area contributed by atoms with Crippen molar-refractivity contribution >= 4 is 17.5 Å². The third-order valence-corrected chi connectivity index (χ3v) is 4.19. The molecule has 0 aliphatic rings. The highest BCUT2D eigenvalue weighted by molar-refractivity contribution is 5.93. The van der Waals surface area contributed by atoms with Gasteiger partial charge in [-0.05, 0) is 24.1 Å². The van der Waals surface area contributed by atoms with Gasteiger partial charge in [-0.2, -0.15) is 0 Å². The molecular weight excluding hydrogens is 340 g/mol. The summed E-state index contributed by atoms with van der Waals surface area (Å²) in [7, 11) is 1.61. The summed E-state index contributed by atoms with van der Waals surface area (Å²) in [4.78, 5) is 20.8. The molecular formula is C21H22N4O2. The summed E-state index contributed by atoms with van der Waals surface area (Å²) in [6.45, 7) is 2.46. The standard InChI is InChI=1S/C21H22N4O2/c1-3-15-8-4-6-10-18(15)25-21-23-13-17(14-24-21)20(26)22-12-16-9-5-7-11-19(16)27-2/h4-11,13-14H,3,12H2,1-2H3,(H,22,26)(H,23,24,25). The van der Waals surface area contributed by atoms with E-state index in [0.717, 1.165) is 23.4 Å². The van der Waals surface area contributed by atoms with Crippen LogP contribution in [-0.4, -0.2) is 23.0 Å². The maximum Gasteiger partial charge on any atom is 0.254 e. The summed E-state index contributed by atoms with van der Waals surface area (Å²) in [5, 5.41) is 6.05. The number of hydrogen-bond acceptors (Lipinski definition) is 5. The number of nitrogens with one attached hydrogen (secondary N) is 2. The van der Waals surface area contributed by atoms with E-state index in [1.807, 2.05) is 42.5 Å². The van der Waals surface area contributed by atoms with Crippen molar-refractivity contribution in [2.75, 3.05) is 12.4 Å². The average Bonchev–Trinajstić information content (AvgIpc) is 2.73. The molecule has 0 saturated heterocycles. The first kappa shape index (κ1) is 18.4. The molecule has 0 atom stereocenters. The Labute approximate surface area is 158 Å². The number of amides is 1. The summed E-state index contributed by atoms with van der Waals surface area (Å²) in [5.74, 6) is 0.960. The molecule has 0 spiro atoms. The van der Waals surface area contributed by atoms with Crippen LogP contribution in [0.2, 0.25) is 0 Å². The molecule has 0 radical (unpaired) electrons. The number of ether oxygens (including phenoxy) is 1. The number of methoxy groups -OCH3 is 1. The molecule has 0 aliphatic carbocycles. The van der Waals surface area contributed by atoms with Gasteiger partial charge in [0.05, 0.1) is 12.7 Å². The zero-order valence-corrected chi connectivity index (χ0v) is 15.4. The number of hydrogen-bond donors (Lipinski definition) is 2. The molecule has 6 nitrogen and oxygen atoms in total. The fraction of sp³-hybridized carbons (Fsp3) is 0.190. The number of aryl methyl sites for hydroxylation is 1. The predicted octanol–water partition coefficient (Wildman–Crippen LogP) is 3.72. The Morgan fingerprint density at radius 3 is 2.37 bits per heavy atom. The monoisotopic (exact) mass is 362 g/mol. The molecule has 0 bridgehead atoms. The van der Waals surface area contributed by atoms with E-state index >= 15 is 0 Å². The number of para-hydroxylation sites is 2.